The third-order valence-corrected chi connectivity index (χ3v) is 2.63. The van der Waals surface area contributed by atoms with Crippen molar-refractivity contribution in [3.63, 3.8) is 0 Å². The highest BCUT2D eigenvalue weighted by molar-refractivity contribution is 6.01. The fourth-order valence-corrected chi connectivity index (χ4v) is 1.53. The third-order valence-electron chi connectivity index (χ3n) is 2.63. The quantitative estimate of drug-likeness (QED) is 0.708. The van der Waals surface area contributed by atoms with Crippen LogP contribution in [-0.4, -0.2) is 36.4 Å². The average molecular weight is 264 g/mol. The van der Waals surface area contributed by atoms with Crippen LogP contribution in [0.25, 0.3) is 0 Å². The molecule has 0 radical (unpaired) electrons. The molecule has 0 spiro atoms. The van der Waals surface area contributed by atoms with E-state index in [1.165, 1.54) is 6.20 Å². The number of hydrogen-bond donors (Lipinski definition) is 3. The summed E-state index contributed by atoms with van der Waals surface area (Å²) in [6, 6.07) is 1.04. The van der Waals surface area contributed by atoms with E-state index >= 15 is 0 Å². The molecule has 6 heteroatoms. The number of hydrogen-bond acceptors (Lipinski definition) is 4. The van der Waals surface area contributed by atoms with E-state index in [1.807, 2.05) is 6.92 Å². The van der Waals surface area contributed by atoms with E-state index in [0.717, 1.165) is 6.42 Å². The Morgan fingerprint density at radius 2 is 2.16 bits per heavy atom. The van der Waals surface area contributed by atoms with Crippen molar-refractivity contribution in [2.24, 2.45) is 0 Å². The Morgan fingerprint density at radius 3 is 2.79 bits per heavy atom. The zero-order chi connectivity index (χ0) is 14.3. The Hall–Kier alpha value is -2.11. The van der Waals surface area contributed by atoms with Crippen molar-refractivity contribution in [1.29, 1.82) is 0 Å². The molecular formula is C13H20N4O2. The summed E-state index contributed by atoms with van der Waals surface area (Å²) in [5.41, 5.74) is 1.09. The van der Waals surface area contributed by atoms with E-state index in [2.05, 4.69) is 20.9 Å². The van der Waals surface area contributed by atoms with Crippen LogP contribution in [0.15, 0.2) is 18.5 Å². The van der Waals surface area contributed by atoms with Crippen molar-refractivity contribution < 1.29 is 9.59 Å². The predicted molar refractivity (Wildman–Crippen MR) is 74.0 cm³/mol. The van der Waals surface area contributed by atoms with Gasteiger partial charge in [0.05, 0.1) is 17.4 Å². The number of carbonyl (C=O) groups is 2. The van der Waals surface area contributed by atoms with Gasteiger partial charge < -0.3 is 16.0 Å². The average Bonchev–Trinajstić information content (AvgIpc) is 2.44. The first kappa shape index (κ1) is 14.9. The van der Waals surface area contributed by atoms with Gasteiger partial charge in [0, 0.05) is 19.8 Å². The molecule has 0 saturated carbocycles. The zero-order valence-electron chi connectivity index (χ0n) is 11.5. The molecule has 19 heavy (non-hydrogen) atoms. The van der Waals surface area contributed by atoms with E-state index in [0.29, 0.717) is 17.8 Å². The van der Waals surface area contributed by atoms with Gasteiger partial charge in [0.15, 0.2) is 0 Å². The van der Waals surface area contributed by atoms with Crippen LogP contribution in [0.4, 0.5) is 5.69 Å². The molecule has 0 aliphatic heterocycles. The molecule has 1 unspecified atom stereocenters. The molecule has 6 nitrogen and oxygen atoms in total. The number of carbonyl (C=O) groups excluding carboxylic acids is 2. The number of nitrogens with one attached hydrogen (secondary N) is 3. The van der Waals surface area contributed by atoms with Crippen LogP contribution in [0.2, 0.25) is 0 Å². The maximum Gasteiger partial charge on any atom is 0.254 e. The summed E-state index contributed by atoms with van der Waals surface area (Å²) < 4.78 is 0. The molecule has 0 aliphatic rings. The second-order valence-corrected chi connectivity index (χ2v) is 4.16. The molecule has 0 bridgehead atoms. The third kappa shape index (κ3) is 4.24. The van der Waals surface area contributed by atoms with Crippen LogP contribution in [0.3, 0.4) is 0 Å². The maximum atomic E-state index is 12.1. The van der Waals surface area contributed by atoms with Crippen molar-refractivity contribution in [3.8, 4) is 0 Å². The van der Waals surface area contributed by atoms with Crippen molar-refractivity contribution in [1.82, 2.24) is 15.6 Å². The van der Waals surface area contributed by atoms with Crippen LogP contribution in [-0.2, 0) is 4.79 Å². The van der Waals surface area contributed by atoms with Gasteiger partial charge in [-0.1, -0.05) is 6.92 Å². The molecule has 1 rings (SSSR count). The summed E-state index contributed by atoms with van der Waals surface area (Å²) >= 11 is 0. The molecule has 0 aromatic carbocycles. The molecule has 0 aliphatic carbocycles. The van der Waals surface area contributed by atoms with Crippen molar-refractivity contribution in [2.75, 3.05) is 18.9 Å². The van der Waals surface area contributed by atoms with Gasteiger partial charge in [-0.15, -0.1) is 0 Å². The van der Waals surface area contributed by atoms with Crippen LogP contribution in [0.5, 0.6) is 0 Å². The molecule has 3 N–H and O–H groups in total. The number of nitrogens with zero attached hydrogens (tertiary/aromatic N) is 1. The van der Waals surface area contributed by atoms with Gasteiger partial charge in [0.2, 0.25) is 5.91 Å². The largest absolute Gasteiger partial charge is 0.386 e. The molecule has 0 saturated heterocycles. The molecule has 2 amide bonds. The van der Waals surface area contributed by atoms with E-state index in [-0.39, 0.29) is 11.8 Å². The minimum absolute atomic E-state index is 0.185. The fraction of sp³-hybridized carbons (Fsp3) is 0.462. The van der Waals surface area contributed by atoms with E-state index in [4.69, 9.17) is 0 Å². The Labute approximate surface area is 113 Å². The van der Waals surface area contributed by atoms with E-state index in [9.17, 15) is 9.59 Å². The van der Waals surface area contributed by atoms with Gasteiger partial charge >= 0.3 is 0 Å². The predicted octanol–water partition coefficient (Wildman–Crippen LogP) is 0.768. The first-order valence-electron chi connectivity index (χ1n) is 6.30. The van der Waals surface area contributed by atoms with Gasteiger partial charge in [-0.3, -0.25) is 14.6 Å². The van der Waals surface area contributed by atoms with E-state index in [1.54, 1.807) is 26.2 Å². The molecule has 1 aromatic rings. The summed E-state index contributed by atoms with van der Waals surface area (Å²) in [7, 11) is 1.71. The maximum absolute atomic E-state index is 12.1. The van der Waals surface area contributed by atoms with Gasteiger partial charge in [-0.2, -0.15) is 0 Å². The molecular weight excluding hydrogens is 244 g/mol. The second-order valence-electron chi connectivity index (χ2n) is 4.16. The van der Waals surface area contributed by atoms with Crippen molar-refractivity contribution >= 4 is 17.5 Å². The topological polar surface area (TPSA) is 83.1 Å². The standard InChI is InChI=1S/C13H20N4O2/c1-4-6-16-12(18)9(2)17-13(19)10-5-7-15-8-11(10)14-3/h5,7-9,14H,4,6H2,1-3H3,(H,16,18)(H,17,19). The lowest BCUT2D eigenvalue weighted by atomic mass is 10.2. The Kier molecular flexibility index (Phi) is 5.78. The number of amides is 2. The molecule has 1 heterocycles. The van der Waals surface area contributed by atoms with Gasteiger partial charge in [-0.25, -0.2) is 0 Å². The zero-order valence-corrected chi connectivity index (χ0v) is 11.5. The molecule has 104 valence electrons. The summed E-state index contributed by atoms with van der Waals surface area (Å²) in [5.74, 6) is -0.485. The number of rotatable bonds is 6. The van der Waals surface area contributed by atoms with Crippen molar-refractivity contribution in [2.45, 2.75) is 26.3 Å². The fourth-order valence-electron chi connectivity index (χ4n) is 1.53. The highest BCUT2D eigenvalue weighted by atomic mass is 16.2. The summed E-state index contributed by atoms with van der Waals surface area (Å²) in [5, 5.41) is 8.29. The Morgan fingerprint density at radius 1 is 1.42 bits per heavy atom. The summed E-state index contributed by atoms with van der Waals surface area (Å²) in [6.07, 6.45) is 3.97. The highest BCUT2D eigenvalue weighted by Gasteiger charge is 2.17. The first-order chi connectivity index (χ1) is 9.10. The highest BCUT2D eigenvalue weighted by Crippen LogP contribution is 2.12. The van der Waals surface area contributed by atoms with E-state index < -0.39 is 6.04 Å². The van der Waals surface area contributed by atoms with Crippen LogP contribution >= 0.6 is 0 Å². The van der Waals surface area contributed by atoms with Gasteiger partial charge in [0.25, 0.3) is 5.91 Å². The number of pyridine rings is 1. The molecule has 1 aromatic heterocycles. The first-order valence-corrected chi connectivity index (χ1v) is 6.30. The molecule has 0 fully saturated rings. The number of aromatic nitrogens is 1. The van der Waals surface area contributed by atoms with Gasteiger partial charge in [-0.05, 0) is 19.4 Å². The second kappa shape index (κ2) is 7.35. The lowest BCUT2D eigenvalue weighted by Crippen LogP contribution is -2.45. The smallest absolute Gasteiger partial charge is 0.254 e. The van der Waals surface area contributed by atoms with Gasteiger partial charge in [0.1, 0.15) is 6.04 Å². The summed E-state index contributed by atoms with van der Waals surface area (Å²) in [6.45, 7) is 4.24. The lowest BCUT2D eigenvalue weighted by Gasteiger charge is -2.15. The summed E-state index contributed by atoms with van der Waals surface area (Å²) in [4.78, 5) is 27.7. The van der Waals surface area contributed by atoms with Crippen LogP contribution in [0.1, 0.15) is 30.6 Å². The lowest BCUT2D eigenvalue weighted by molar-refractivity contribution is -0.122. The van der Waals surface area contributed by atoms with Crippen molar-refractivity contribution in [3.05, 3.63) is 24.0 Å². The van der Waals surface area contributed by atoms with Crippen LogP contribution in [0, 0.1) is 0 Å². The normalized spacial score (nSPS) is 11.5. The van der Waals surface area contributed by atoms with Crippen LogP contribution < -0.4 is 16.0 Å². The number of anilines is 1. The monoisotopic (exact) mass is 264 g/mol. The Bertz CT molecular complexity index is 448. The molecule has 1 atom stereocenters. The minimum Gasteiger partial charge on any atom is -0.386 e. The Balaban J connectivity index is 2.66. The minimum atomic E-state index is -0.572. The SMILES string of the molecule is CCCNC(=O)C(C)NC(=O)c1ccncc1NC.